The molecule has 0 radical (unpaired) electrons. The van der Waals surface area contributed by atoms with Crippen LogP contribution in [0.5, 0.6) is 0 Å². The van der Waals surface area contributed by atoms with Crippen molar-refractivity contribution < 1.29 is 24.4 Å². The molecule has 1 aromatic rings. The first-order valence-electron chi connectivity index (χ1n) is 12.0. The van der Waals surface area contributed by atoms with Gasteiger partial charge < -0.3 is 9.63 Å². The summed E-state index contributed by atoms with van der Waals surface area (Å²) in [4.78, 5) is 30.1. The Labute approximate surface area is 189 Å². The Morgan fingerprint density at radius 2 is 1.97 bits per heavy atom. The van der Waals surface area contributed by atoms with E-state index in [1.165, 1.54) is 37.0 Å². The lowest BCUT2D eigenvalue weighted by Crippen LogP contribution is -2.53. The van der Waals surface area contributed by atoms with Gasteiger partial charge in [-0.2, -0.15) is 4.98 Å². The van der Waals surface area contributed by atoms with Crippen LogP contribution >= 0.6 is 0 Å². The molecule has 0 aromatic carbocycles. The highest BCUT2D eigenvalue weighted by atomic mass is 16.5. The molecule has 1 aliphatic heterocycles. The Balaban J connectivity index is 1.81. The van der Waals surface area contributed by atoms with Gasteiger partial charge in [0.05, 0.1) is 0 Å². The first-order chi connectivity index (χ1) is 15.2. The molecule has 9 heteroatoms. The Morgan fingerprint density at radius 1 is 1.25 bits per heavy atom. The van der Waals surface area contributed by atoms with Crippen LogP contribution in [0.2, 0.25) is 0 Å². The van der Waals surface area contributed by atoms with E-state index in [0.29, 0.717) is 31.1 Å². The van der Waals surface area contributed by atoms with Gasteiger partial charge in [0.15, 0.2) is 5.82 Å². The van der Waals surface area contributed by atoms with Gasteiger partial charge in [-0.1, -0.05) is 70.9 Å². The van der Waals surface area contributed by atoms with E-state index < -0.39 is 23.0 Å². The molecular formula is C23H38N4O5. The normalized spacial score (nSPS) is 23.3. The second-order valence-electron chi connectivity index (χ2n) is 10.5. The number of hydrogen-bond donors (Lipinski definition) is 3. The third-order valence-corrected chi connectivity index (χ3v) is 7.46. The van der Waals surface area contributed by atoms with Crippen LogP contribution in [0.3, 0.4) is 0 Å². The van der Waals surface area contributed by atoms with Gasteiger partial charge in [-0.3, -0.25) is 14.9 Å². The zero-order valence-corrected chi connectivity index (χ0v) is 19.6. The highest BCUT2D eigenvalue weighted by Gasteiger charge is 2.56. The third-order valence-electron chi connectivity index (χ3n) is 7.46. The summed E-state index contributed by atoms with van der Waals surface area (Å²) in [5.74, 6) is 0.630. The predicted octanol–water partition coefficient (Wildman–Crippen LogP) is 4.81. The van der Waals surface area contributed by atoms with Crippen LogP contribution in [0.15, 0.2) is 4.52 Å². The largest absolute Gasteiger partial charge is 0.465 e. The molecule has 0 bridgehead atoms. The number of aromatic nitrogens is 2. The number of hydroxylamine groups is 1. The summed E-state index contributed by atoms with van der Waals surface area (Å²) in [6, 6.07) is 0. The Kier molecular flexibility index (Phi) is 7.79. The average molecular weight is 451 g/mol. The molecule has 1 saturated carbocycles. The van der Waals surface area contributed by atoms with Gasteiger partial charge in [0.1, 0.15) is 5.54 Å². The van der Waals surface area contributed by atoms with E-state index >= 15 is 0 Å². The fraction of sp³-hybridized carbons (Fsp3) is 0.826. The van der Waals surface area contributed by atoms with Gasteiger partial charge in [0.2, 0.25) is 11.8 Å². The first-order valence-corrected chi connectivity index (χ1v) is 12.0. The number of carbonyl (C=O) groups is 2. The highest BCUT2D eigenvalue weighted by Crippen LogP contribution is 2.50. The Hall–Kier alpha value is -2.16. The fourth-order valence-corrected chi connectivity index (χ4v) is 5.71. The van der Waals surface area contributed by atoms with Crippen molar-refractivity contribution in [1.29, 1.82) is 0 Å². The third kappa shape index (κ3) is 5.08. The van der Waals surface area contributed by atoms with E-state index in [9.17, 15) is 14.7 Å². The maximum Gasteiger partial charge on any atom is 0.408 e. The number of nitrogens with one attached hydrogen (secondary N) is 1. The standard InChI is InChI=1S/C23H38N4O5/c1-22(2,3)23(13-8-14-27(23)21(29)30)20-24-19(32-26-20)17(15-18(28)25-31)12-7-11-16-9-5-4-6-10-16/h16-17,31H,4-15H2,1-3H3,(H,25,28)(H,29,30)/t17-,23-/m1/s1. The van der Waals surface area contributed by atoms with E-state index in [1.54, 1.807) is 5.48 Å². The summed E-state index contributed by atoms with van der Waals surface area (Å²) in [5.41, 5.74) is 0.381. The van der Waals surface area contributed by atoms with Gasteiger partial charge in [0, 0.05) is 18.9 Å². The van der Waals surface area contributed by atoms with Gasteiger partial charge in [-0.05, 0) is 30.6 Å². The van der Waals surface area contributed by atoms with Crippen LogP contribution in [-0.2, 0) is 10.3 Å². The summed E-state index contributed by atoms with van der Waals surface area (Å²) in [5, 5.41) is 23.1. The molecule has 9 nitrogen and oxygen atoms in total. The van der Waals surface area contributed by atoms with Crippen LogP contribution in [0.1, 0.15) is 109 Å². The maximum absolute atomic E-state index is 12.0. The van der Waals surface area contributed by atoms with E-state index in [0.717, 1.165) is 25.2 Å². The molecule has 2 amide bonds. The fourth-order valence-electron chi connectivity index (χ4n) is 5.71. The molecule has 0 unspecified atom stereocenters. The number of carbonyl (C=O) groups excluding carboxylic acids is 1. The zero-order valence-electron chi connectivity index (χ0n) is 19.6. The quantitative estimate of drug-likeness (QED) is 0.383. The molecule has 3 N–H and O–H groups in total. The van der Waals surface area contributed by atoms with Crippen molar-refractivity contribution in [2.75, 3.05) is 6.54 Å². The zero-order chi connectivity index (χ0) is 23.4. The molecule has 2 atom stereocenters. The molecule has 1 saturated heterocycles. The van der Waals surface area contributed by atoms with Crippen LogP contribution in [-0.4, -0.2) is 43.9 Å². The molecule has 2 heterocycles. The molecule has 0 spiro atoms. The summed E-state index contributed by atoms with van der Waals surface area (Å²) in [6.45, 7) is 6.40. The topological polar surface area (TPSA) is 129 Å². The SMILES string of the molecule is CC(C)(C)[C@]1(c2noc([C@H](CCCC3CCCCC3)CC(=O)NO)n2)CCCN1C(=O)O. The summed E-state index contributed by atoms with van der Waals surface area (Å²) in [6.07, 6.45) is 9.61. The number of amides is 2. The molecule has 2 aliphatic rings. The number of rotatable bonds is 8. The van der Waals surface area contributed by atoms with Gasteiger partial charge in [-0.15, -0.1) is 0 Å². The van der Waals surface area contributed by atoms with Crippen molar-refractivity contribution in [2.45, 2.75) is 103 Å². The lowest BCUT2D eigenvalue weighted by molar-refractivity contribution is -0.129. The van der Waals surface area contributed by atoms with Crippen molar-refractivity contribution >= 4 is 12.0 Å². The minimum Gasteiger partial charge on any atom is -0.465 e. The van der Waals surface area contributed by atoms with Crippen molar-refractivity contribution in [3.05, 3.63) is 11.7 Å². The summed E-state index contributed by atoms with van der Waals surface area (Å²) in [7, 11) is 0. The number of hydrogen-bond acceptors (Lipinski definition) is 6. The molecular weight excluding hydrogens is 412 g/mol. The van der Waals surface area contributed by atoms with E-state index in [1.807, 2.05) is 20.8 Å². The minimum absolute atomic E-state index is 0.0496. The van der Waals surface area contributed by atoms with Crippen molar-refractivity contribution in [2.24, 2.45) is 11.3 Å². The average Bonchev–Trinajstić information content (AvgIpc) is 3.41. The number of carboxylic acid groups (broad SMARTS) is 1. The van der Waals surface area contributed by atoms with E-state index in [2.05, 4.69) is 10.1 Å². The van der Waals surface area contributed by atoms with Crippen LogP contribution in [0, 0.1) is 11.3 Å². The molecule has 32 heavy (non-hydrogen) atoms. The molecule has 1 aliphatic carbocycles. The van der Waals surface area contributed by atoms with Crippen LogP contribution in [0.4, 0.5) is 4.79 Å². The van der Waals surface area contributed by atoms with Crippen LogP contribution in [0.25, 0.3) is 0 Å². The van der Waals surface area contributed by atoms with Crippen molar-refractivity contribution in [3.63, 3.8) is 0 Å². The molecule has 2 fully saturated rings. The molecule has 180 valence electrons. The maximum atomic E-state index is 12.0. The van der Waals surface area contributed by atoms with Gasteiger partial charge >= 0.3 is 6.09 Å². The lowest BCUT2D eigenvalue weighted by Gasteiger charge is -2.44. The van der Waals surface area contributed by atoms with E-state index in [-0.39, 0.29) is 12.3 Å². The second-order valence-corrected chi connectivity index (χ2v) is 10.5. The summed E-state index contributed by atoms with van der Waals surface area (Å²) >= 11 is 0. The Morgan fingerprint density at radius 3 is 2.59 bits per heavy atom. The predicted molar refractivity (Wildman–Crippen MR) is 117 cm³/mol. The van der Waals surface area contributed by atoms with Gasteiger partial charge in [-0.25, -0.2) is 10.3 Å². The monoisotopic (exact) mass is 450 g/mol. The van der Waals surface area contributed by atoms with Crippen LogP contribution < -0.4 is 5.48 Å². The van der Waals surface area contributed by atoms with Gasteiger partial charge in [0.25, 0.3) is 0 Å². The smallest absolute Gasteiger partial charge is 0.408 e. The molecule has 3 rings (SSSR count). The highest BCUT2D eigenvalue weighted by molar-refractivity contribution is 5.75. The second kappa shape index (κ2) is 10.2. The van der Waals surface area contributed by atoms with Crippen molar-refractivity contribution in [3.8, 4) is 0 Å². The number of nitrogens with zero attached hydrogens (tertiary/aromatic N) is 3. The molecule has 1 aromatic heterocycles. The minimum atomic E-state index is -0.993. The Bertz CT molecular complexity index is 784. The summed E-state index contributed by atoms with van der Waals surface area (Å²) < 4.78 is 5.63. The van der Waals surface area contributed by atoms with Crippen molar-refractivity contribution in [1.82, 2.24) is 20.5 Å². The first kappa shape index (κ1) is 24.5. The lowest BCUT2D eigenvalue weighted by atomic mass is 9.71. The number of likely N-dealkylation sites (tertiary alicyclic amines) is 1. The van der Waals surface area contributed by atoms with E-state index in [4.69, 9.17) is 9.73 Å².